The van der Waals surface area contributed by atoms with Crippen molar-refractivity contribution in [1.82, 2.24) is 0 Å². The van der Waals surface area contributed by atoms with Crippen molar-refractivity contribution in [1.29, 1.82) is 0 Å². The van der Waals surface area contributed by atoms with Gasteiger partial charge >= 0.3 is 0 Å². The van der Waals surface area contributed by atoms with Crippen LogP contribution >= 0.6 is 0 Å². The number of para-hydroxylation sites is 2. The Hall–Kier alpha value is -2.74. The van der Waals surface area contributed by atoms with Gasteiger partial charge in [-0.25, -0.2) is 0 Å². The molecule has 0 spiro atoms. The van der Waals surface area contributed by atoms with Crippen LogP contribution in [-0.2, 0) is 23.8 Å². The molecule has 2 amide bonds. The fraction of sp³-hybridized carbons (Fsp3) is 0.548. The standard InChI is InChI=1S/C31H38N2O5/c1-29(2)24(36-29)14-16-30(3)25(37-30)15-17-31-19-23(28(35)33-21-12-8-5-9-13-21)22(18-26(31)38-31)27(34)32-20-10-6-4-7-11-20/h4-13,22-26H,14-19H2,1-3H3,(H,32,34)(H,33,35). The maximum absolute atomic E-state index is 13.5. The minimum Gasteiger partial charge on any atom is -0.367 e. The molecule has 3 aliphatic heterocycles. The molecular weight excluding hydrogens is 480 g/mol. The quantitative estimate of drug-likeness (QED) is 0.415. The lowest BCUT2D eigenvalue weighted by Crippen LogP contribution is -2.44. The SMILES string of the molecule is CC1(C)OC1CCC1(C)OC1CCC12CC(C(=O)Nc3ccccc3)C(C(=O)Nc3ccccc3)CC1O2. The first kappa shape index (κ1) is 25.5. The third-order valence-electron chi connectivity index (χ3n) is 9.11. The molecule has 0 radical (unpaired) electrons. The predicted octanol–water partition coefficient (Wildman–Crippen LogP) is 5.32. The summed E-state index contributed by atoms with van der Waals surface area (Å²) in [6.45, 7) is 6.46. The lowest BCUT2D eigenvalue weighted by Gasteiger charge is -2.31. The lowest BCUT2D eigenvalue weighted by atomic mass is 9.71. The monoisotopic (exact) mass is 518 g/mol. The number of fused-ring (bicyclic) bond motifs is 1. The van der Waals surface area contributed by atoms with E-state index in [9.17, 15) is 9.59 Å². The fourth-order valence-corrected chi connectivity index (χ4v) is 6.41. The molecule has 1 saturated carbocycles. The van der Waals surface area contributed by atoms with Crippen molar-refractivity contribution in [2.45, 2.75) is 94.4 Å². The van der Waals surface area contributed by atoms with E-state index in [2.05, 4.69) is 31.4 Å². The van der Waals surface area contributed by atoms with Crippen molar-refractivity contribution >= 4 is 23.2 Å². The van der Waals surface area contributed by atoms with E-state index in [-0.39, 0.29) is 40.8 Å². The average Bonchev–Trinajstić information content (AvgIpc) is 3.84. The number of epoxide rings is 3. The molecular formula is C31H38N2O5. The summed E-state index contributed by atoms with van der Waals surface area (Å²) in [5.74, 6) is -1.18. The third kappa shape index (κ3) is 5.24. The summed E-state index contributed by atoms with van der Waals surface area (Å²) in [5, 5.41) is 6.05. The van der Waals surface area contributed by atoms with Crippen LogP contribution < -0.4 is 10.6 Å². The van der Waals surface area contributed by atoms with Gasteiger partial charge in [0.15, 0.2) is 0 Å². The zero-order valence-electron chi connectivity index (χ0n) is 22.4. The summed E-state index contributed by atoms with van der Waals surface area (Å²) in [6, 6.07) is 18.8. The molecule has 7 nitrogen and oxygen atoms in total. The van der Waals surface area contributed by atoms with Crippen LogP contribution in [0.3, 0.4) is 0 Å². The van der Waals surface area contributed by atoms with Gasteiger partial charge in [-0.1, -0.05) is 36.4 Å². The third-order valence-corrected chi connectivity index (χ3v) is 9.11. The summed E-state index contributed by atoms with van der Waals surface area (Å²) in [7, 11) is 0. The minimum absolute atomic E-state index is 0.000433. The Labute approximate surface area is 224 Å². The molecule has 3 saturated heterocycles. The van der Waals surface area contributed by atoms with E-state index in [1.807, 2.05) is 60.7 Å². The number of amides is 2. The summed E-state index contributed by atoms with van der Waals surface area (Å²) >= 11 is 0. The van der Waals surface area contributed by atoms with E-state index in [0.717, 1.165) is 37.1 Å². The summed E-state index contributed by atoms with van der Waals surface area (Å²) in [5.41, 5.74) is 1.03. The van der Waals surface area contributed by atoms with Gasteiger partial charge < -0.3 is 24.8 Å². The number of anilines is 2. The van der Waals surface area contributed by atoms with Crippen LogP contribution in [0.4, 0.5) is 11.4 Å². The Morgan fingerprint density at radius 1 is 0.763 bits per heavy atom. The van der Waals surface area contributed by atoms with Gasteiger partial charge in [0.2, 0.25) is 11.8 Å². The van der Waals surface area contributed by atoms with Crippen LogP contribution in [0.15, 0.2) is 60.7 Å². The van der Waals surface area contributed by atoms with E-state index < -0.39 is 11.8 Å². The van der Waals surface area contributed by atoms with Gasteiger partial charge in [-0.2, -0.15) is 0 Å². The molecule has 7 heteroatoms. The van der Waals surface area contributed by atoms with Crippen LogP contribution in [0, 0.1) is 11.8 Å². The smallest absolute Gasteiger partial charge is 0.228 e. The zero-order valence-corrected chi connectivity index (χ0v) is 22.4. The van der Waals surface area contributed by atoms with Crippen LogP contribution in [0.25, 0.3) is 0 Å². The van der Waals surface area contributed by atoms with Gasteiger partial charge in [-0.3, -0.25) is 9.59 Å². The number of benzene rings is 2. The Morgan fingerprint density at radius 2 is 1.32 bits per heavy atom. The van der Waals surface area contributed by atoms with Crippen molar-refractivity contribution in [2.75, 3.05) is 10.6 Å². The molecule has 202 valence electrons. The first-order valence-electron chi connectivity index (χ1n) is 13.9. The highest BCUT2D eigenvalue weighted by Gasteiger charge is 2.65. The number of carbonyl (C=O) groups excluding carboxylic acids is 2. The first-order valence-corrected chi connectivity index (χ1v) is 13.9. The molecule has 0 aromatic heterocycles. The average molecular weight is 519 g/mol. The first-order chi connectivity index (χ1) is 18.2. The molecule has 2 N–H and O–H groups in total. The van der Waals surface area contributed by atoms with Crippen molar-refractivity contribution in [3.8, 4) is 0 Å². The number of ether oxygens (including phenoxy) is 3. The second kappa shape index (κ2) is 9.47. The van der Waals surface area contributed by atoms with Crippen molar-refractivity contribution < 1.29 is 23.8 Å². The topological polar surface area (TPSA) is 95.8 Å². The van der Waals surface area contributed by atoms with Gasteiger partial charge in [0, 0.05) is 11.4 Å². The maximum Gasteiger partial charge on any atom is 0.228 e. The summed E-state index contributed by atoms with van der Waals surface area (Å²) in [4.78, 5) is 26.9. The van der Waals surface area contributed by atoms with Crippen LogP contribution in [-0.4, -0.2) is 46.9 Å². The maximum atomic E-state index is 13.5. The van der Waals surface area contributed by atoms with Gasteiger partial charge in [0.1, 0.15) is 0 Å². The molecule has 38 heavy (non-hydrogen) atoms. The highest BCUT2D eigenvalue weighted by atomic mass is 16.6. The number of hydrogen-bond donors (Lipinski definition) is 2. The molecule has 7 unspecified atom stereocenters. The number of nitrogens with one attached hydrogen (secondary N) is 2. The van der Waals surface area contributed by atoms with Crippen LogP contribution in [0.5, 0.6) is 0 Å². The van der Waals surface area contributed by atoms with Gasteiger partial charge in [0.05, 0.1) is 47.0 Å². The zero-order chi connectivity index (χ0) is 26.5. The number of rotatable bonds is 10. The molecule has 4 aliphatic rings. The van der Waals surface area contributed by atoms with Crippen molar-refractivity contribution in [3.63, 3.8) is 0 Å². The molecule has 2 aromatic rings. The molecule has 1 aliphatic carbocycles. The van der Waals surface area contributed by atoms with Crippen LogP contribution in [0.2, 0.25) is 0 Å². The molecule has 2 aromatic carbocycles. The normalized spacial score (nSPS) is 36.0. The fourth-order valence-electron chi connectivity index (χ4n) is 6.41. The van der Waals surface area contributed by atoms with E-state index in [4.69, 9.17) is 14.2 Å². The Balaban J connectivity index is 1.10. The number of carbonyl (C=O) groups is 2. The predicted molar refractivity (Wildman–Crippen MR) is 145 cm³/mol. The van der Waals surface area contributed by atoms with Crippen molar-refractivity contribution in [3.05, 3.63) is 60.7 Å². The Kier molecular flexibility index (Phi) is 6.36. The van der Waals surface area contributed by atoms with Crippen molar-refractivity contribution in [2.24, 2.45) is 11.8 Å². The molecule has 0 bridgehead atoms. The highest BCUT2D eigenvalue weighted by Crippen LogP contribution is 2.57. The second-order valence-corrected chi connectivity index (χ2v) is 12.2. The Bertz CT molecular complexity index is 1190. The summed E-state index contributed by atoms with van der Waals surface area (Å²) in [6.07, 6.45) is 5.37. The largest absolute Gasteiger partial charge is 0.367 e. The highest BCUT2D eigenvalue weighted by molar-refractivity contribution is 6.00. The second-order valence-electron chi connectivity index (χ2n) is 12.2. The number of hydrogen-bond acceptors (Lipinski definition) is 5. The molecule has 3 heterocycles. The summed E-state index contributed by atoms with van der Waals surface area (Å²) < 4.78 is 18.1. The lowest BCUT2D eigenvalue weighted by molar-refractivity contribution is -0.130. The molecule has 7 atom stereocenters. The van der Waals surface area contributed by atoms with E-state index in [1.165, 1.54) is 0 Å². The van der Waals surface area contributed by atoms with Gasteiger partial charge in [-0.15, -0.1) is 0 Å². The van der Waals surface area contributed by atoms with Gasteiger partial charge in [0.25, 0.3) is 0 Å². The van der Waals surface area contributed by atoms with Gasteiger partial charge in [-0.05, 0) is 83.6 Å². The molecule has 6 rings (SSSR count). The van der Waals surface area contributed by atoms with E-state index >= 15 is 0 Å². The molecule has 4 fully saturated rings. The minimum atomic E-state index is -0.474. The van der Waals surface area contributed by atoms with E-state index in [1.54, 1.807) is 0 Å². The van der Waals surface area contributed by atoms with Crippen LogP contribution in [0.1, 0.15) is 59.3 Å². The Morgan fingerprint density at radius 3 is 1.89 bits per heavy atom. The van der Waals surface area contributed by atoms with E-state index in [0.29, 0.717) is 18.9 Å².